The number of benzene rings is 2. The van der Waals surface area contributed by atoms with E-state index in [1.54, 1.807) is 12.1 Å². The molecule has 1 aromatic heterocycles. The van der Waals surface area contributed by atoms with Crippen molar-refractivity contribution in [2.75, 3.05) is 6.61 Å². The SMILES string of the molecule is C=CCCCCCCCCCOC(=O)c1ccc(-c2nnn(-c3ccccc3)n2)cc1. The van der Waals surface area contributed by atoms with Gasteiger partial charge in [-0.05, 0) is 48.7 Å². The molecule has 6 heteroatoms. The fourth-order valence-electron chi connectivity index (χ4n) is 3.28. The molecule has 0 bridgehead atoms. The first kappa shape index (κ1) is 22.4. The van der Waals surface area contributed by atoms with Crippen LogP contribution in [0.15, 0.2) is 67.3 Å². The molecule has 0 saturated carbocycles. The molecule has 0 saturated heterocycles. The summed E-state index contributed by atoms with van der Waals surface area (Å²) in [6.07, 6.45) is 11.3. The van der Waals surface area contributed by atoms with Crippen LogP contribution in [0.5, 0.6) is 0 Å². The van der Waals surface area contributed by atoms with Gasteiger partial charge in [0.2, 0.25) is 5.82 Å². The number of tetrazole rings is 1. The molecule has 0 radical (unpaired) electrons. The van der Waals surface area contributed by atoms with Crippen LogP contribution in [0.1, 0.15) is 61.7 Å². The smallest absolute Gasteiger partial charge is 0.338 e. The lowest BCUT2D eigenvalue weighted by molar-refractivity contribution is 0.0497. The molecule has 162 valence electrons. The first-order chi connectivity index (χ1) is 15.3. The van der Waals surface area contributed by atoms with Gasteiger partial charge in [-0.25, -0.2) is 4.79 Å². The van der Waals surface area contributed by atoms with E-state index < -0.39 is 0 Å². The highest BCUT2D eigenvalue weighted by Crippen LogP contribution is 2.16. The van der Waals surface area contributed by atoms with Crippen molar-refractivity contribution in [3.05, 3.63) is 72.8 Å². The Morgan fingerprint density at radius 1 is 0.903 bits per heavy atom. The van der Waals surface area contributed by atoms with Crippen molar-refractivity contribution in [2.45, 2.75) is 51.4 Å². The Kier molecular flexibility index (Phi) is 8.98. The van der Waals surface area contributed by atoms with E-state index in [2.05, 4.69) is 22.0 Å². The van der Waals surface area contributed by atoms with Crippen LogP contribution >= 0.6 is 0 Å². The molecule has 31 heavy (non-hydrogen) atoms. The van der Waals surface area contributed by atoms with E-state index in [4.69, 9.17) is 4.74 Å². The number of aromatic nitrogens is 4. The molecule has 0 aliphatic heterocycles. The number of rotatable bonds is 13. The van der Waals surface area contributed by atoms with Crippen LogP contribution in [0.2, 0.25) is 0 Å². The minimum atomic E-state index is -0.295. The zero-order valence-electron chi connectivity index (χ0n) is 17.9. The second-order valence-electron chi connectivity index (χ2n) is 7.50. The van der Waals surface area contributed by atoms with Crippen molar-refractivity contribution >= 4 is 5.97 Å². The van der Waals surface area contributed by atoms with Gasteiger partial charge in [-0.3, -0.25) is 0 Å². The van der Waals surface area contributed by atoms with E-state index in [0.717, 1.165) is 30.5 Å². The number of carbonyl (C=O) groups is 1. The highest BCUT2D eigenvalue weighted by Gasteiger charge is 2.10. The minimum Gasteiger partial charge on any atom is -0.462 e. The quantitative estimate of drug-likeness (QED) is 0.199. The van der Waals surface area contributed by atoms with Crippen LogP contribution in [0, 0.1) is 0 Å². The van der Waals surface area contributed by atoms with Crippen LogP contribution in [0.25, 0.3) is 17.1 Å². The largest absolute Gasteiger partial charge is 0.462 e. The second kappa shape index (κ2) is 12.4. The summed E-state index contributed by atoms with van der Waals surface area (Å²) < 4.78 is 5.40. The maximum atomic E-state index is 12.2. The first-order valence-electron chi connectivity index (χ1n) is 11.0. The number of ether oxygens (including phenoxy) is 1. The number of carbonyl (C=O) groups excluding carboxylic acids is 1. The van der Waals surface area contributed by atoms with Gasteiger partial charge in [-0.2, -0.15) is 0 Å². The lowest BCUT2D eigenvalue weighted by Gasteiger charge is -2.05. The topological polar surface area (TPSA) is 69.9 Å². The third-order valence-electron chi connectivity index (χ3n) is 5.07. The Morgan fingerprint density at radius 3 is 2.29 bits per heavy atom. The zero-order valence-corrected chi connectivity index (χ0v) is 17.9. The molecule has 3 aromatic rings. The van der Waals surface area contributed by atoms with E-state index in [1.807, 2.05) is 48.5 Å². The molecule has 0 aliphatic carbocycles. The maximum absolute atomic E-state index is 12.2. The molecule has 6 nitrogen and oxygen atoms in total. The summed E-state index contributed by atoms with van der Waals surface area (Å²) in [5.74, 6) is 0.213. The van der Waals surface area contributed by atoms with Crippen LogP contribution in [0.3, 0.4) is 0 Å². The van der Waals surface area contributed by atoms with Gasteiger partial charge in [0.15, 0.2) is 0 Å². The molecule has 0 amide bonds. The predicted molar refractivity (Wildman–Crippen MR) is 122 cm³/mol. The van der Waals surface area contributed by atoms with Crippen molar-refractivity contribution in [1.82, 2.24) is 20.2 Å². The van der Waals surface area contributed by atoms with Gasteiger partial charge in [0.25, 0.3) is 0 Å². The Balaban J connectivity index is 1.38. The van der Waals surface area contributed by atoms with Crippen molar-refractivity contribution in [2.24, 2.45) is 0 Å². The number of hydrogen-bond acceptors (Lipinski definition) is 5. The van der Waals surface area contributed by atoms with Crippen molar-refractivity contribution in [3.63, 3.8) is 0 Å². The highest BCUT2D eigenvalue weighted by molar-refractivity contribution is 5.89. The molecule has 0 spiro atoms. The molecule has 2 aromatic carbocycles. The summed E-state index contributed by atoms with van der Waals surface area (Å²) >= 11 is 0. The van der Waals surface area contributed by atoms with Gasteiger partial charge >= 0.3 is 5.97 Å². The van der Waals surface area contributed by atoms with Gasteiger partial charge in [0.1, 0.15) is 0 Å². The number of unbranched alkanes of at least 4 members (excludes halogenated alkanes) is 7. The summed E-state index contributed by atoms with van der Waals surface area (Å²) in [6.45, 7) is 4.21. The predicted octanol–water partition coefficient (Wildman–Crippen LogP) is 5.79. The molecule has 0 fully saturated rings. The normalized spacial score (nSPS) is 10.7. The van der Waals surface area contributed by atoms with E-state index in [-0.39, 0.29) is 5.97 Å². The van der Waals surface area contributed by atoms with Gasteiger partial charge in [-0.1, -0.05) is 68.5 Å². The lowest BCUT2D eigenvalue weighted by Crippen LogP contribution is -2.06. The summed E-state index contributed by atoms with van der Waals surface area (Å²) in [7, 11) is 0. The van der Waals surface area contributed by atoms with Gasteiger partial charge in [0, 0.05) is 5.56 Å². The first-order valence-corrected chi connectivity index (χ1v) is 11.0. The number of esters is 1. The second-order valence-corrected chi connectivity index (χ2v) is 7.50. The van der Waals surface area contributed by atoms with Gasteiger partial charge in [-0.15, -0.1) is 21.6 Å². The Hall–Kier alpha value is -3.28. The van der Waals surface area contributed by atoms with Crippen molar-refractivity contribution in [3.8, 4) is 17.1 Å². The Labute approximate surface area is 183 Å². The van der Waals surface area contributed by atoms with Gasteiger partial charge < -0.3 is 4.74 Å². The van der Waals surface area contributed by atoms with Crippen LogP contribution in [-0.2, 0) is 4.74 Å². The molecular weight excluding hydrogens is 388 g/mol. The molecule has 0 atom stereocenters. The van der Waals surface area contributed by atoms with Crippen molar-refractivity contribution in [1.29, 1.82) is 0 Å². The minimum absolute atomic E-state index is 0.295. The summed E-state index contributed by atoms with van der Waals surface area (Å²) in [4.78, 5) is 13.7. The molecule has 1 heterocycles. The monoisotopic (exact) mass is 418 g/mol. The molecule has 0 N–H and O–H groups in total. The van der Waals surface area contributed by atoms with Crippen molar-refractivity contribution < 1.29 is 9.53 Å². The number of nitrogens with zero attached hydrogens (tertiary/aromatic N) is 4. The molecular formula is C25H30N4O2. The van der Waals surface area contributed by atoms with Crippen LogP contribution in [0.4, 0.5) is 0 Å². The van der Waals surface area contributed by atoms with Gasteiger partial charge in [0.05, 0.1) is 17.9 Å². The van der Waals surface area contributed by atoms with Crippen LogP contribution in [-0.4, -0.2) is 32.8 Å². The average Bonchev–Trinajstić information content (AvgIpc) is 3.31. The van der Waals surface area contributed by atoms with E-state index in [0.29, 0.717) is 18.0 Å². The molecule has 0 aliphatic rings. The van der Waals surface area contributed by atoms with E-state index in [9.17, 15) is 4.79 Å². The lowest BCUT2D eigenvalue weighted by atomic mass is 10.1. The fraction of sp³-hybridized carbons (Fsp3) is 0.360. The fourth-order valence-corrected chi connectivity index (χ4v) is 3.28. The highest BCUT2D eigenvalue weighted by atomic mass is 16.5. The maximum Gasteiger partial charge on any atom is 0.338 e. The Bertz CT molecular complexity index is 936. The third-order valence-corrected chi connectivity index (χ3v) is 5.07. The molecule has 3 rings (SSSR count). The number of hydrogen-bond donors (Lipinski definition) is 0. The van der Waals surface area contributed by atoms with E-state index >= 15 is 0 Å². The summed E-state index contributed by atoms with van der Waals surface area (Å²) in [5, 5.41) is 12.6. The third kappa shape index (κ3) is 7.17. The molecule has 0 unspecified atom stereocenters. The van der Waals surface area contributed by atoms with Crippen LogP contribution < -0.4 is 0 Å². The average molecular weight is 419 g/mol. The number of allylic oxidation sites excluding steroid dienone is 1. The zero-order chi connectivity index (χ0) is 21.7. The number of para-hydroxylation sites is 1. The summed E-state index contributed by atoms with van der Waals surface area (Å²) in [5.41, 5.74) is 2.17. The standard InChI is InChI=1S/C25H30N4O2/c1-2-3-4-5-6-7-8-9-13-20-31-25(30)22-18-16-21(17-19-22)24-26-28-29(27-24)23-14-11-10-12-15-23/h2,10-12,14-19H,1,3-9,13,20H2. The van der Waals surface area contributed by atoms with E-state index in [1.165, 1.54) is 36.9 Å². The Morgan fingerprint density at radius 2 is 1.58 bits per heavy atom. The summed E-state index contributed by atoms with van der Waals surface area (Å²) in [6, 6.07) is 16.7.